The molecule has 0 aliphatic heterocycles. The van der Waals surface area contributed by atoms with Crippen LogP contribution in [0.2, 0.25) is 5.02 Å². The second-order valence-corrected chi connectivity index (χ2v) is 8.40. The summed E-state index contributed by atoms with van der Waals surface area (Å²) in [6, 6.07) is 24.1. The fraction of sp³-hybridized carbons (Fsp3) is 0.240. The Morgan fingerprint density at radius 2 is 1.66 bits per heavy atom. The van der Waals surface area contributed by atoms with Crippen LogP contribution in [-0.4, -0.2) is 17.1 Å². The fourth-order valence-electron chi connectivity index (χ4n) is 4.55. The summed E-state index contributed by atoms with van der Waals surface area (Å²) in [5.41, 5.74) is 9.53. The van der Waals surface area contributed by atoms with Crippen molar-refractivity contribution < 1.29 is 0 Å². The molecule has 1 aliphatic rings. The van der Waals surface area contributed by atoms with Crippen molar-refractivity contribution in [2.45, 2.75) is 37.8 Å². The molecule has 4 heteroatoms. The van der Waals surface area contributed by atoms with Crippen LogP contribution < -0.4 is 10.6 Å². The van der Waals surface area contributed by atoms with E-state index in [1.165, 1.54) is 22.1 Å². The number of nitrogens with two attached hydrogens (primary N) is 1. The maximum Gasteiger partial charge on any atom is 0.0737 e. The number of benzene rings is 3. The average Bonchev–Trinajstić information content (AvgIpc) is 2.75. The second-order valence-electron chi connectivity index (χ2n) is 7.96. The van der Waals surface area contributed by atoms with E-state index >= 15 is 0 Å². The molecule has 1 heterocycles. The molecule has 29 heavy (non-hydrogen) atoms. The van der Waals surface area contributed by atoms with Gasteiger partial charge in [0.1, 0.15) is 0 Å². The van der Waals surface area contributed by atoms with Crippen LogP contribution >= 0.6 is 11.6 Å². The van der Waals surface area contributed by atoms with Crippen LogP contribution in [0.4, 0.5) is 11.4 Å². The molecule has 4 aromatic rings. The summed E-state index contributed by atoms with van der Waals surface area (Å²) < 4.78 is 0. The Labute approximate surface area is 176 Å². The SMILES string of the molecule is NC1CCC(N(c2ccc3ccccc3c2)c2ccnc3cc(Cl)ccc23)CC1. The number of pyridine rings is 1. The lowest BCUT2D eigenvalue weighted by atomic mass is 9.89. The first kappa shape index (κ1) is 18.4. The first-order chi connectivity index (χ1) is 14.2. The van der Waals surface area contributed by atoms with Crippen molar-refractivity contribution in [1.82, 2.24) is 4.98 Å². The number of hydrogen-bond acceptors (Lipinski definition) is 3. The van der Waals surface area contributed by atoms with Crippen molar-refractivity contribution in [3.05, 3.63) is 77.9 Å². The lowest BCUT2D eigenvalue weighted by molar-refractivity contribution is 0.391. The Balaban J connectivity index is 1.68. The highest BCUT2D eigenvalue weighted by molar-refractivity contribution is 6.31. The highest BCUT2D eigenvalue weighted by Crippen LogP contribution is 2.39. The molecular formula is C25H24ClN3. The first-order valence-corrected chi connectivity index (χ1v) is 10.6. The van der Waals surface area contributed by atoms with Crippen molar-refractivity contribution in [2.75, 3.05) is 4.90 Å². The minimum absolute atomic E-state index is 0.317. The highest BCUT2D eigenvalue weighted by atomic mass is 35.5. The smallest absolute Gasteiger partial charge is 0.0737 e. The van der Waals surface area contributed by atoms with Gasteiger partial charge in [-0.1, -0.05) is 41.9 Å². The molecule has 0 bridgehead atoms. The third kappa shape index (κ3) is 3.57. The largest absolute Gasteiger partial charge is 0.338 e. The van der Waals surface area contributed by atoms with Gasteiger partial charge in [-0.15, -0.1) is 0 Å². The zero-order valence-electron chi connectivity index (χ0n) is 16.3. The van der Waals surface area contributed by atoms with E-state index in [1.54, 1.807) is 0 Å². The number of halogens is 1. The molecule has 1 fully saturated rings. The zero-order chi connectivity index (χ0) is 19.8. The van der Waals surface area contributed by atoms with Crippen LogP contribution in [0.15, 0.2) is 72.9 Å². The number of aromatic nitrogens is 1. The van der Waals surface area contributed by atoms with Gasteiger partial charge in [0.15, 0.2) is 0 Å². The Hall–Kier alpha value is -2.62. The summed E-state index contributed by atoms with van der Waals surface area (Å²) in [4.78, 5) is 7.05. The van der Waals surface area contributed by atoms with Gasteiger partial charge in [0, 0.05) is 34.4 Å². The van der Waals surface area contributed by atoms with E-state index < -0.39 is 0 Å². The van der Waals surface area contributed by atoms with Gasteiger partial charge in [0.05, 0.1) is 11.2 Å². The Morgan fingerprint density at radius 3 is 2.48 bits per heavy atom. The third-order valence-electron chi connectivity index (χ3n) is 6.06. The third-order valence-corrected chi connectivity index (χ3v) is 6.29. The van der Waals surface area contributed by atoms with E-state index in [0.717, 1.165) is 36.6 Å². The fourth-order valence-corrected chi connectivity index (χ4v) is 4.72. The number of rotatable bonds is 3. The summed E-state index contributed by atoms with van der Waals surface area (Å²) in [6.45, 7) is 0. The van der Waals surface area contributed by atoms with Gasteiger partial charge >= 0.3 is 0 Å². The van der Waals surface area contributed by atoms with Crippen molar-refractivity contribution in [3.8, 4) is 0 Å². The summed E-state index contributed by atoms with van der Waals surface area (Å²) in [6.07, 6.45) is 6.18. The minimum Gasteiger partial charge on any atom is -0.338 e. The molecule has 146 valence electrons. The Kier molecular flexibility index (Phi) is 4.86. The van der Waals surface area contributed by atoms with Crippen LogP contribution in [-0.2, 0) is 0 Å². The van der Waals surface area contributed by atoms with E-state index in [4.69, 9.17) is 17.3 Å². The van der Waals surface area contributed by atoms with Crippen molar-refractivity contribution in [3.63, 3.8) is 0 Å². The number of anilines is 2. The molecule has 0 saturated heterocycles. The van der Waals surface area contributed by atoms with Crippen LogP contribution in [0, 0.1) is 0 Å². The molecule has 0 spiro atoms. The molecule has 1 aliphatic carbocycles. The second kappa shape index (κ2) is 7.66. The predicted molar refractivity (Wildman–Crippen MR) is 123 cm³/mol. The van der Waals surface area contributed by atoms with E-state index in [9.17, 15) is 0 Å². The monoisotopic (exact) mass is 401 g/mol. The van der Waals surface area contributed by atoms with Crippen LogP contribution in [0.3, 0.4) is 0 Å². The van der Waals surface area contributed by atoms with Crippen molar-refractivity contribution >= 4 is 44.7 Å². The molecule has 0 radical (unpaired) electrons. The van der Waals surface area contributed by atoms with E-state index in [0.29, 0.717) is 17.1 Å². The normalized spacial score (nSPS) is 19.5. The maximum absolute atomic E-state index is 6.23. The number of nitrogens with zero attached hydrogens (tertiary/aromatic N) is 2. The summed E-state index contributed by atoms with van der Waals surface area (Å²) in [5.74, 6) is 0. The van der Waals surface area contributed by atoms with E-state index in [2.05, 4.69) is 64.5 Å². The summed E-state index contributed by atoms with van der Waals surface area (Å²) in [7, 11) is 0. The average molecular weight is 402 g/mol. The molecule has 3 aromatic carbocycles. The molecule has 1 saturated carbocycles. The van der Waals surface area contributed by atoms with Crippen molar-refractivity contribution in [1.29, 1.82) is 0 Å². The van der Waals surface area contributed by atoms with Gasteiger partial charge in [-0.3, -0.25) is 4.98 Å². The Morgan fingerprint density at radius 1 is 0.862 bits per heavy atom. The summed E-state index contributed by atoms with van der Waals surface area (Å²) >= 11 is 6.23. The molecule has 0 amide bonds. The van der Waals surface area contributed by atoms with Gasteiger partial charge in [0.25, 0.3) is 0 Å². The van der Waals surface area contributed by atoms with E-state index in [1.807, 2.05) is 18.3 Å². The molecule has 3 nitrogen and oxygen atoms in total. The first-order valence-electron chi connectivity index (χ1n) is 10.3. The van der Waals surface area contributed by atoms with Gasteiger partial charge in [0.2, 0.25) is 0 Å². The Bertz CT molecular complexity index is 1170. The van der Waals surface area contributed by atoms with Crippen LogP contribution in [0.25, 0.3) is 21.7 Å². The molecule has 2 N–H and O–H groups in total. The standard InChI is InChI=1S/C25H24ClN3/c26-19-6-12-23-24(16-19)28-14-13-25(23)29(21-10-7-20(27)8-11-21)22-9-5-17-3-1-2-4-18(17)15-22/h1-6,9,12-16,20-21H,7-8,10-11,27H2. The van der Waals surface area contributed by atoms with Gasteiger partial charge in [-0.2, -0.15) is 0 Å². The quantitative estimate of drug-likeness (QED) is 0.429. The lowest BCUT2D eigenvalue weighted by Crippen LogP contribution is -2.38. The topological polar surface area (TPSA) is 42.1 Å². The van der Waals surface area contributed by atoms with Crippen LogP contribution in [0.5, 0.6) is 0 Å². The van der Waals surface area contributed by atoms with E-state index in [-0.39, 0.29) is 0 Å². The van der Waals surface area contributed by atoms with Crippen LogP contribution in [0.1, 0.15) is 25.7 Å². The predicted octanol–water partition coefficient (Wildman–Crippen LogP) is 6.45. The molecule has 1 aromatic heterocycles. The molecule has 5 rings (SSSR count). The molecule has 0 atom stereocenters. The molecular weight excluding hydrogens is 378 g/mol. The van der Waals surface area contributed by atoms with Gasteiger partial charge in [-0.25, -0.2) is 0 Å². The lowest BCUT2D eigenvalue weighted by Gasteiger charge is -2.38. The summed E-state index contributed by atoms with van der Waals surface area (Å²) in [5, 5.41) is 4.35. The van der Waals surface area contributed by atoms with Gasteiger partial charge < -0.3 is 10.6 Å². The number of hydrogen-bond donors (Lipinski definition) is 1. The molecule has 0 unspecified atom stereocenters. The van der Waals surface area contributed by atoms with Gasteiger partial charge in [-0.05, 0) is 72.9 Å². The minimum atomic E-state index is 0.317. The van der Waals surface area contributed by atoms with Crippen molar-refractivity contribution in [2.24, 2.45) is 5.73 Å². The zero-order valence-corrected chi connectivity index (χ0v) is 17.0. The number of fused-ring (bicyclic) bond motifs is 2. The maximum atomic E-state index is 6.23. The highest BCUT2D eigenvalue weighted by Gasteiger charge is 2.27.